The molecule has 0 spiro atoms. The Labute approximate surface area is 149 Å². The molecule has 1 aromatic carbocycles. The molecule has 2 aromatic rings. The number of para-hydroxylation sites is 1. The Bertz CT molecular complexity index is 694. The molecule has 0 atom stereocenters. The van der Waals surface area contributed by atoms with Gasteiger partial charge in [-0.05, 0) is 29.7 Å². The van der Waals surface area contributed by atoms with Crippen LogP contribution < -0.4 is 10.2 Å². The van der Waals surface area contributed by atoms with Gasteiger partial charge in [-0.25, -0.2) is 4.98 Å². The number of aromatic nitrogens is 1. The van der Waals surface area contributed by atoms with Gasteiger partial charge in [0.05, 0.1) is 6.54 Å². The maximum absolute atomic E-state index is 12.4. The second-order valence-electron chi connectivity index (χ2n) is 6.74. The summed E-state index contributed by atoms with van der Waals surface area (Å²) in [5.41, 5.74) is 2.10. The normalized spacial score (nSPS) is 15.4. The molecular formula is C20H26N4O. The van der Waals surface area contributed by atoms with E-state index in [1.165, 1.54) is 5.56 Å². The van der Waals surface area contributed by atoms with Crippen molar-refractivity contribution in [2.24, 2.45) is 0 Å². The lowest BCUT2D eigenvalue weighted by Gasteiger charge is -2.35. The summed E-state index contributed by atoms with van der Waals surface area (Å²) in [4.78, 5) is 21.3. The van der Waals surface area contributed by atoms with Crippen molar-refractivity contribution in [3.05, 3.63) is 54.2 Å². The van der Waals surface area contributed by atoms with Gasteiger partial charge in [-0.15, -0.1) is 0 Å². The van der Waals surface area contributed by atoms with E-state index in [1.807, 2.05) is 42.6 Å². The Morgan fingerprint density at radius 1 is 1.08 bits per heavy atom. The molecule has 2 heterocycles. The number of nitrogens with one attached hydrogen (secondary N) is 1. The summed E-state index contributed by atoms with van der Waals surface area (Å²) in [5, 5.41) is 3.08. The van der Waals surface area contributed by atoms with Crippen molar-refractivity contribution >= 4 is 17.4 Å². The number of rotatable bonds is 5. The summed E-state index contributed by atoms with van der Waals surface area (Å²) >= 11 is 0. The maximum atomic E-state index is 12.4. The van der Waals surface area contributed by atoms with Gasteiger partial charge in [0.15, 0.2) is 0 Å². The molecule has 0 bridgehead atoms. The monoisotopic (exact) mass is 338 g/mol. The molecule has 0 aliphatic carbocycles. The summed E-state index contributed by atoms with van der Waals surface area (Å²) in [6, 6.07) is 14.0. The van der Waals surface area contributed by atoms with Gasteiger partial charge in [0.25, 0.3) is 0 Å². The number of carbonyl (C=O) groups excluding carboxylic acids is 1. The van der Waals surface area contributed by atoms with Crippen LogP contribution >= 0.6 is 0 Å². The predicted molar refractivity (Wildman–Crippen MR) is 102 cm³/mol. The zero-order valence-corrected chi connectivity index (χ0v) is 15.0. The molecule has 1 fully saturated rings. The Balaban J connectivity index is 1.52. The highest BCUT2D eigenvalue weighted by Crippen LogP contribution is 2.23. The summed E-state index contributed by atoms with van der Waals surface area (Å²) in [6.07, 6.45) is 1.82. The smallest absolute Gasteiger partial charge is 0.238 e. The number of hydrogen-bond acceptors (Lipinski definition) is 4. The maximum Gasteiger partial charge on any atom is 0.238 e. The summed E-state index contributed by atoms with van der Waals surface area (Å²) < 4.78 is 0. The van der Waals surface area contributed by atoms with Gasteiger partial charge in [0, 0.05) is 38.1 Å². The standard InChI is InChI=1S/C20H26N4O/c1-16(2)17-7-3-4-8-18(17)22-20(25)15-23-11-13-24(14-12-23)19-9-5-6-10-21-19/h3-10,16H,11-15H2,1-2H3,(H,22,25). The zero-order chi connectivity index (χ0) is 17.6. The number of carbonyl (C=O) groups is 1. The SMILES string of the molecule is CC(C)c1ccccc1NC(=O)CN1CCN(c2ccccn2)CC1. The Hall–Kier alpha value is -2.40. The molecule has 1 saturated heterocycles. The molecule has 132 valence electrons. The fraction of sp³-hybridized carbons (Fsp3) is 0.400. The molecule has 1 aliphatic rings. The molecule has 5 heteroatoms. The van der Waals surface area contributed by atoms with Crippen molar-refractivity contribution in [1.29, 1.82) is 0 Å². The molecule has 3 rings (SSSR count). The van der Waals surface area contributed by atoms with Crippen molar-refractivity contribution in [3.8, 4) is 0 Å². The second kappa shape index (κ2) is 8.12. The van der Waals surface area contributed by atoms with E-state index in [0.717, 1.165) is 37.7 Å². The van der Waals surface area contributed by atoms with E-state index in [1.54, 1.807) is 0 Å². The minimum atomic E-state index is 0.0550. The van der Waals surface area contributed by atoms with Gasteiger partial charge in [-0.3, -0.25) is 9.69 Å². The Morgan fingerprint density at radius 3 is 2.48 bits per heavy atom. The lowest BCUT2D eigenvalue weighted by molar-refractivity contribution is -0.117. The zero-order valence-electron chi connectivity index (χ0n) is 15.0. The number of piperazine rings is 1. The molecule has 1 amide bonds. The van der Waals surface area contributed by atoms with Crippen molar-refractivity contribution in [1.82, 2.24) is 9.88 Å². The van der Waals surface area contributed by atoms with E-state index in [2.05, 4.69) is 40.0 Å². The van der Waals surface area contributed by atoms with Gasteiger partial charge in [0.2, 0.25) is 5.91 Å². The first-order valence-electron chi connectivity index (χ1n) is 8.90. The third-order valence-electron chi connectivity index (χ3n) is 4.57. The third-order valence-corrected chi connectivity index (χ3v) is 4.57. The van der Waals surface area contributed by atoms with Crippen molar-refractivity contribution in [3.63, 3.8) is 0 Å². The minimum Gasteiger partial charge on any atom is -0.354 e. The van der Waals surface area contributed by atoms with Crippen LogP contribution in [0, 0.1) is 0 Å². The molecule has 0 radical (unpaired) electrons. The van der Waals surface area contributed by atoms with Crippen LogP contribution in [0.4, 0.5) is 11.5 Å². The van der Waals surface area contributed by atoms with E-state index in [9.17, 15) is 4.79 Å². The Morgan fingerprint density at radius 2 is 1.80 bits per heavy atom. The van der Waals surface area contributed by atoms with E-state index >= 15 is 0 Å². The average molecular weight is 338 g/mol. The highest BCUT2D eigenvalue weighted by atomic mass is 16.2. The van der Waals surface area contributed by atoms with Crippen LogP contribution in [0.1, 0.15) is 25.3 Å². The average Bonchev–Trinajstić information content (AvgIpc) is 2.63. The van der Waals surface area contributed by atoms with Crippen molar-refractivity contribution in [2.45, 2.75) is 19.8 Å². The molecule has 25 heavy (non-hydrogen) atoms. The molecule has 1 aliphatic heterocycles. The highest BCUT2D eigenvalue weighted by molar-refractivity contribution is 5.93. The first-order chi connectivity index (χ1) is 12.1. The van der Waals surface area contributed by atoms with Gasteiger partial charge in [0.1, 0.15) is 5.82 Å². The van der Waals surface area contributed by atoms with E-state index in [4.69, 9.17) is 0 Å². The summed E-state index contributed by atoms with van der Waals surface area (Å²) in [5.74, 6) is 1.45. The first kappa shape index (κ1) is 17.4. The van der Waals surface area contributed by atoms with Crippen LogP contribution in [-0.2, 0) is 4.79 Å². The number of hydrogen-bond donors (Lipinski definition) is 1. The van der Waals surface area contributed by atoms with Crippen molar-refractivity contribution in [2.75, 3.05) is 42.9 Å². The third kappa shape index (κ3) is 4.57. The second-order valence-corrected chi connectivity index (χ2v) is 6.74. The number of pyridine rings is 1. The molecule has 5 nitrogen and oxygen atoms in total. The van der Waals surface area contributed by atoms with Gasteiger partial charge in [-0.1, -0.05) is 38.1 Å². The van der Waals surface area contributed by atoms with Crippen LogP contribution in [0.5, 0.6) is 0 Å². The van der Waals surface area contributed by atoms with E-state index < -0.39 is 0 Å². The fourth-order valence-corrected chi connectivity index (χ4v) is 3.18. The van der Waals surface area contributed by atoms with Gasteiger partial charge < -0.3 is 10.2 Å². The number of amides is 1. The molecule has 1 N–H and O–H groups in total. The lowest BCUT2D eigenvalue weighted by atomic mass is 10.0. The van der Waals surface area contributed by atoms with Crippen LogP contribution in [0.3, 0.4) is 0 Å². The first-order valence-corrected chi connectivity index (χ1v) is 8.90. The lowest BCUT2D eigenvalue weighted by Crippen LogP contribution is -2.48. The van der Waals surface area contributed by atoms with Gasteiger partial charge >= 0.3 is 0 Å². The van der Waals surface area contributed by atoms with Crippen LogP contribution in [-0.4, -0.2) is 48.5 Å². The quantitative estimate of drug-likeness (QED) is 0.910. The highest BCUT2D eigenvalue weighted by Gasteiger charge is 2.20. The van der Waals surface area contributed by atoms with E-state index in [0.29, 0.717) is 12.5 Å². The molecule has 0 saturated carbocycles. The topological polar surface area (TPSA) is 48.5 Å². The predicted octanol–water partition coefficient (Wildman–Crippen LogP) is 2.97. The molecule has 0 unspecified atom stereocenters. The number of nitrogens with zero attached hydrogens (tertiary/aromatic N) is 3. The number of anilines is 2. The largest absolute Gasteiger partial charge is 0.354 e. The number of benzene rings is 1. The fourth-order valence-electron chi connectivity index (χ4n) is 3.18. The van der Waals surface area contributed by atoms with Crippen molar-refractivity contribution < 1.29 is 4.79 Å². The molecule has 1 aromatic heterocycles. The van der Waals surface area contributed by atoms with Gasteiger partial charge in [-0.2, -0.15) is 0 Å². The Kier molecular flexibility index (Phi) is 5.66. The van der Waals surface area contributed by atoms with E-state index in [-0.39, 0.29) is 5.91 Å². The van der Waals surface area contributed by atoms with Crippen LogP contribution in [0.2, 0.25) is 0 Å². The minimum absolute atomic E-state index is 0.0550. The van der Waals surface area contributed by atoms with Crippen LogP contribution in [0.25, 0.3) is 0 Å². The molecular weight excluding hydrogens is 312 g/mol. The summed E-state index contributed by atoms with van der Waals surface area (Å²) in [7, 11) is 0. The summed E-state index contributed by atoms with van der Waals surface area (Å²) in [6.45, 7) is 8.25. The van der Waals surface area contributed by atoms with Crippen LogP contribution in [0.15, 0.2) is 48.7 Å².